The Kier molecular flexibility index (Phi) is 6.70. The largest absolute Gasteiger partial charge is 0.326 e. The zero-order valence-electron chi connectivity index (χ0n) is 8.70. The average Bonchev–Trinajstić information content (AvgIpc) is 2.11. The number of hydrogen-bond acceptors (Lipinski definition) is 4. The Morgan fingerprint density at radius 1 is 1.57 bits per heavy atom. The highest BCUT2D eigenvalue weighted by atomic mass is 32.2. The fraction of sp³-hybridized carbons (Fsp3) is 0.875. The topological polar surface area (TPSA) is 63.6 Å². The van der Waals surface area contributed by atoms with Crippen molar-refractivity contribution >= 4 is 25.1 Å². The quantitative estimate of drug-likeness (QED) is 0.569. The molecule has 0 aromatic heterocycles. The normalized spacial score (nSPS) is 14.0. The van der Waals surface area contributed by atoms with Crippen molar-refractivity contribution in [2.45, 2.75) is 27.2 Å². The number of carbonyl (C=O) groups excluding carboxylic acids is 1. The molecular formula is C8H17O4PS. The summed E-state index contributed by atoms with van der Waals surface area (Å²) in [5.41, 5.74) is -0.324. The first-order valence-corrected chi connectivity index (χ1v) is 6.68. The minimum atomic E-state index is -2.85. The van der Waals surface area contributed by atoms with Gasteiger partial charge in [-0.25, -0.2) is 0 Å². The van der Waals surface area contributed by atoms with Gasteiger partial charge in [-0.1, -0.05) is 32.5 Å². The molecule has 0 rings (SSSR count). The molecule has 0 radical (unpaired) electrons. The first kappa shape index (κ1) is 14.2. The summed E-state index contributed by atoms with van der Waals surface area (Å²) >= 11 is 1.15. The van der Waals surface area contributed by atoms with Crippen molar-refractivity contribution < 1.29 is 18.8 Å². The van der Waals surface area contributed by atoms with E-state index in [1.54, 1.807) is 0 Å². The van der Waals surface area contributed by atoms with Gasteiger partial charge in [0.2, 0.25) is 0 Å². The first-order chi connectivity index (χ1) is 6.40. The van der Waals surface area contributed by atoms with Crippen molar-refractivity contribution in [3.05, 3.63) is 0 Å². The maximum Gasteiger partial charge on any atom is 0.316 e. The van der Waals surface area contributed by atoms with E-state index in [1.165, 1.54) is 0 Å². The molecule has 0 aliphatic heterocycles. The van der Waals surface area contributed by atoms with Gasteiger partial charge < -0.3 is 9.42 Å². The predicted molar refractivity (Wildman–Crippen MR) is 58.7 cm³/mol. The Balaban J connectivity index is 3.70. The minimum absolute atomic E-state index is 0.0983. The smallest absolute Gasteiger partial charge is 0.316 e. The summed E-state index contributed by atoms with van der Waals surface area (Å²) in [5.74, 6) is 0.430. The Morgan fingerprint density at radius 2 is 2.14 bits per heavy atom. The van der Waals surface area contributed by atoms with Gasteiger partial charge >= 0.3 is 8.25 Å². The van der Waals surface area contributed by atoms with Crippen LogP contribution in [0.4, 0.5) is 0 Å². The van der Waals surface area contributed by atoms with Gasteiger partial charge in [-0.05, 0) is 6.42 Å². The zero-order chi connectivity index (χ0) is 11.2. The van der Waals surface area contributed by atoms with Crippen LogP contribution in [0.25, 0.3) is 0 Å². The molecule has 0 amide bonds. The Hall–Kier alpha value is 0.170. The lowest BCUT2D eigenvalue weighted by Crippen LogP contribution is -2.20. The summed E-state index contributed by atoms with van der Waals surface area (Å²) in [4.78, 5) is 19.9. The summed E-state index contributed by atoms with van der Waals surface area (Å²) < 4.78 is 14.6. The summed E-state index contributed by atoms with van der Waals surface area (Å²) in [6, 6.07) is 0. The minimum Gasteiger partial charge on any atom is -0.326 e. The van der Waals surface area contributed by atoms with Crippen LogP contribution in [-0.4, -0.2) is 22.4 Å². The van der Waals surface area contributed by atoms with Crippen LogP contribution in [0.15, 0.2) is 0 Å². The summed E-state index contributed by atoms with van der Waals surface area (Å²) in [6.07, 6.45) is 0.788. The standard InChI is InChI=1S/C8H17O4PS/c1-4-8(2,3)7(9)14-6-5-12-13(10)11/h13H,4-6H2,1-3H3,(H,10,11). The van der Waals surface area contributed by atoms with Gasteiger partial charge in [-0.3, -0.25) is 9.36 Å². The van der Waals surface area contributed by atoms with Crippen LogP contribution >= 0.6 is 20.0 Å². The first-order valence-electron chi connectivity index (χ1n) is 4.43. The van der Waals surface area contributed by atoms with Crippen molar-refractivity contribution in [2.75, 3.05) is 12.4 Å². The molecule has 6 heteroatoms. The van der Waals surface area contributed by atoms with Gasteiger partial charge in [0.15, 0.2) is 5.12 Å². The lowest BCUT2D eigenvalue weighted by atomic mass is 9.92. The number of thioether (sulfide) groups is 1. The molecule has 0 aromatic rings. The second-order valence-corrected chi connectivity index (χ2v) is 5.38. The number of carbonyl (C=O) groups is 1. The van der Waals surface area contributed by atoms with Gasteiger partial charge in [-0.15, -0.1) is 0 Å². The molecule has 0 spiro atoms. The van der Waals surface area contributed by atoms with E-state index in [4.69, 9.17) is 4.89 Å². The van der Waals surface area contributed by atoms with E-state index in [-0.39, 0.29) is 17.1 Å². The molecule has 1 N–H and O–H groups in total. The summed E-state index contributed by atoms with van der Waals surface area (Å²) in [6.45, 7) is 5.88. The summed E-state index contributed by atoms with van der Waals surface area (Å²) in [5, 5.41) is 0.0983. The fourth-order valence-corrected chi connectivity index (χ4v) is 1.91. The van der Waals surface area contributed by atoms with Crippen LogP contribution < -0.4 is 0 Å². The van der Waals surface area contributed by atoms with Crippen molar-refractivity contribution in [3.8, 4) is 0 Å². The van der Waals surface area contributed by atoms with Crippen LogP contribution in [0.1, 0.15) is 27.2 Å². The molecular weight excluding hydrogens is 223 g/mol. The number of hydrogen-bond donors (Lipinski definition) is 1. The molecule has 1 unspecified atom stereocenters. The van der Waals surface area contributed by atoms with Gasteiger partial charge in [0.05, 0.1) is 6.61 Å². The third kappa shape index (κ3) is 5.81. The van der Waals surface area contributed by atoms with E-state index in [1.807, 2.05) is 20.8 Å². The maximum absolute atomic E-state index is 11.5. The zero-order valence-corrected chi connectivity index (χ0v) is 10.5. The molecule has 0 aliphatic rings. The van der Waals surface area contributed by atoms with Crippen LogP contribution in [0.5, 0.6) is 0 Å². The van der Waals surface area contributed by atoms with E-state index < -0.39 is 8.25 Å². The van der Waals surface area contributed by atoms with Crippen molar-refractivity contribution in [2.24, 2.45) is 5.41 Å². The Labute approximate surface area is 89.4 Å². The second-order valence-electron chi connectivity index (χ2n) is 3.49. The van der Waals surface area contributed by atoms with Gasteiger partial charge in [0, 0.05) is 11.2 Å². The van der Waals surface area contributed by atoms with Crippen molar-refractivity contribution in [3.63, 3.8) is 0 Å². The highest BCUT2D eigenvalue weighted by molar-refractivity contribution is 8.13. The average molecular weight is 240 g/mol. The van der Waals surface area contributed by atoms with Crippen LogP contribution in [-0.2, 0) is 13.9 Å². The second kappa shape index (κ2) is 6.62. The highest BCUT2D eigenvalue weighted by Crippen LogP contribution is 2.27. The van der Waals surface area contributed by atoms with Crippen molar-refractivity contribution in [1.29, 1.82) is 0 Å². The van der Waals surface area contributed by atoms with E-state index >= 15 is 0 Å². The van der Waals surface area contributed by atoms with Crippen LogP contribution in [0.3, 0.4) is 0 Å². The third-order valence-electron chi connectivity index (χ3n) is 1.98. The molecule has 0 heterocycles. The lowest BCUT2D eigenvalue weighted by Gasteiger charge is -2.19. The fourth-order valence-electron chi connectivity index (χ4n) is 0.603. The van der Waals surface area contributed by atoms with Gasteiger partial charge in [0.25, 0.3) is 0 Å². The molecule has 1 atom stereocenters. The highest BCUT2D eigenvalue weighted by Gasteiger charge is 2.25. The van der Waals surface area contributed by atoms with E-state index in [0.29, 0.717) is 5.75 Å². The Bertz CT molecular complexity index is 217. The molecule has 0 aromatic carbocycles. The van der Waals surface area contributed by atoms with Gasteiger partial charge in [0.1, 0.15) is 0 Å². The summed E-state index contributed by atoms with van der Waals surface area (Å²) in [7, 11) is -2.85. The molecule has 0 saturated heterocycles. The van der Waals surface area contributed by atoms with Crippen LogP contribution in [0.2, 0.25) is 0 Å². The molecule has 0 saturated carbocycles. The molecule has 4 nitrogen and oxygen atoms in total. The predicted octanol–water partition coefficient (Wildman–Crippen LogP) is 2.08. The van der Waals surface area contributed by atoms with E-state index in [0.717, 1.165) is 18.2 Å². The third-order valence-corrected chi connectivity index (χ3v) is 3.62. The molecule has 0 fully saturated rings. The molecule has 14 heavy (non-hydrogen) atoms. The maximum atomic E-state index is 11.5. The lowest BCUT2D eigenvalue weighted by molar-refractivity contribution is -0.118. The van der Waals surface area contributed by atoms with E-state index in [9.17, 15) is 9.36 Å². The SMILES string of the molecule is CCC(C)(C)C(=O)SCCO[PH](=O)O. The molecule has 0 bridgehead atoms. The Morgan fingerprint density at radius 3 is 2.57 bits per heavy atom. The monoisotopic (exact) mass is 240 g/mol. The van der Waals surface area contributed by atoms with Crippen molar-refractivity contribution in [1.82, 2.24) is 0 Å². The van der Waals surface area contributed by atoms with Crippen LogP contribution in [0, 0.1) is 5.41 Å². The van der Waals surface area contributed by atoms with E-state index in [2.05, 4.69) is 4.52 Å². The molecule has 84 valence electrons. The number of rotatable bonds is 6. The van der Waals surface area contributed by atoms with Gasteiger partial charge in [-0.2, -0.15) is 0 Å². The molecule has 0 aliphatic carbocycles.